The van der Waals surface area contributed by atoms with E-state index in [0.29, 0.717) is 17.8 Å². The molecule has 0 radical (unpaired) electrons. The van der Waals surface area contributed by atoms with Crippen LogP contribution in [0, 0.1) is 5.92 Å². The number of hydrogen-bond donors (Lipinski definition) is 3. The maximum absolute atomic E-state index is 12.3. The second-order valence-corrected chi connectivity index (χ2v) is 5.50. The molecule has 0 aliphatic heterocycles. The van der Waals surface area contributed by atoms with Gasteiger partial charge in [-0.3, -0.25) is 4.79 Å². The summed E-state index contributed by atoms with van der Waals surface area (Å²) in [6.45, 7) is 8.12. The first kappa shape index (κ1) is 15.6. The summed E-state index contributed by atoms with van der Waals surface area (Å²) in [6.07, 6.45) is 2.33. The molecule has 0 saturated heterocycles. The summed E-state index contributed by atoms with van der Waals surface area (Å²) < 4.78 is 1.86. The zero-order valence-electron chi connectivity index (χ0n) is 12.2. The van der Waals surface area contributed by atoms with E-state index >= 15 is 0 Å². The van der Waals surface area contributed by atoms with Crippen LogP contribution in [0.3, 0.4) is 0 Å². The number of nitrogens with zero attached hydrogens (tertiary/aromatic N) is 1. The van der Waals surface area contributed by atoms with Crippen LogP contribution in [0.1, 0.15) is 50.6 Å². The minimum absolute atomic E-state index is 0.0331. The Hall–Kier alpha value is -1.49. The average molecular weight is 267 g/mol. The van der Waals surface area contributed by atoms with Gasteiger partial charge in [-0.1, -0.05) is 13.8 Å². The number of amides is 1. The van der Waals surface area contributed by atoms with E-state index in [4.69, 9.17) is 10.8 Å². The Labute approximate surface area is 114 Å². The molecule has 0 saturated carbocycles. The van der Waals surface area contributed by atoms with E-state index in [1.165, 1.54) is 0 Å². The highest BCUT2D eigenvalue weighted by atomic mass is 16.3. The molecule has 108 valence electrons. The minimum atomic E-state index is -0.141. The SMILES string of the molecule is CC(C)C(CCO)NC(=O)c1cc(N)cn1C(C)C. The van der Waals surface area contributed by atoms with E-state index in [2.05, 4.69) is 5.32 Å². The molecule has 1 aromatic heterocycles. The first-order valence-corrected chi connectivity index (χ1v) is 6.75. The summed E-state index contributed by atoms with van der Waals surface area (Å²) >= 11 is 0. The van der Waals surface area contributed by atoms with E-state index in [9.17, 15) is 4.79 Å². The van der Waals surface area contributed by atoms with Gasteiger partial charge < -0.3 is 20.7 Å². The van der Waals surface area contributed by atoms with Crippen LogP contribution >= 0.6 is 0 Å². The number of carbonyl (C=O) groups excluding carboxylic acids is 1. The van der Waals surface area contributed by atoms with Crippen LogP contribution in [0.15, 0.2) is 12.3 Å². The van der Waals surface area contributed by atoms with Gasteiger partial charge in [0.15, 0.2) is 0 Å². The fourth-order valence-corrected chi connectivity index (χ4v) is 2.06. The molecule has 5 heteroatoms. The van der Waals surface area contributed by atoms with Gasteiger partial charge in [0.1, 0.15) is 5.69 Å². The van der Waals surface area contributed by atoms with Gasteiger partial charge in [0.25, 0.3) is 5.91 Å². The molecule has 0 fully saturated rings. The average Bonchev–Trinajstić information content (AvgIpc) is 2.70. The van der Waals surface area contributed by atoms with E-state index < -0.39 is 0 Å². The van der Waals surface area contributed by atoms with Gasteiger partial charge in [0.05, 0.1) is 5.69 Å². The molecule has 1 amide bonds. The maximum atomic E-state index is 12.3. The Bertz CT molecular complexity index is 424. The predicted octanol–water partition coefficient (Wildman–Crippen LogP) is 1.79. The lowest BCUT2D eigenvalue weighted by Crippen LogP contribution is -2.40. The standard InChI is InChI=1S/C14H25N3O2/c1-9(2)12(5-6-18)16-14(19)13-7-11(15)8-17(13)10(3)4/h7-10,12,18H,5-6,15H2,1-4H3,(H,16,19). The summed E-state index contributed by atoms with van der Waals surface area (Å²) in [7, 11) is 0. The third kappa shape index (κ3) is 3.99. The number of carbonyl (C=O) groups is 1. The van der Waals surface area contributed by atoms with E-state index in [-0.39, 0.29) is 30.5 Å². The van der Waals surface area contributed by atoms with Crippen molar-refractivity contribution in [3.63, 3.8) is 0 Å². The lowest BCUT2D eigenvalue weighted by molar-refractivity contribution is 0.0905. The highest BCUT2D eigenvalue weighted by molar-refractivity contribution is 5.94. The molecule has 0 bridgehead atoms. The monoisotopic (exact) mass is 267 g/mol. The largest absolute Gasteiger partial charge is 0.397 e. The topological polar surface area (TPSA) is 80.3 Å². The minimum Gasteiger partial charge on any atom is -0.397 e. The molecule has 19 heavy (non-hydrogen) atoms. The first-order chi connectivity index (χ1) is 8.86. The van der Waals surface area contributed by atoms with Crippen molar-refractivity contribution in [1.82, 2.24) is 9.88 Å². The van der Waals surface area contributed by atoms with Crippen LogP contribution in [0.2, 0.25) is 0 Å². The second kappa shape index (κ2) is 6.61. The molecule has 1 aromatic rings. The molecule has 0 aliphatic rings. The third-order valence-corrected chi connectivity index (χ3v) is 3.22. The van der Waals surface area contributed by atoms with Crippen LogP contribution in [-0.4, -0.2) is 28.2 Å². The number of aliphatic hydroxyl groups is 1. The molecule has 1 heterocycles. The molecular weight excluding hydrogens is 242 g/mol. The van der Waals surface area contributed by atoms with Crippen molar-refractivity contribution in [2.75, 3.05) is 12.3 Å². The van der Waals surface area contributed by atoms with Crippen molar-refractivity contribution in [3.8, 4) is 0 Å². The van der Waals surface area contributed by atoms with Crippen LogP contribution in [0.4, 0.5) is 5.69 Å². The van der Waals surface area contributed by atoms with E-state index in [1.807, 2.05) is 32.3 Å². The van der Waals surface area contributed by atoms with Crippen LogP contribution in [0.25, 0.3) is 0 Å². The van der Waals surface area contributed by atoms with Crippen molar-refractivity contribution in [2.24, 2.45) is 5.92 Å². The summed E-state index contributed by atoms with van der Waals surface area (Å²) in [4.78, 5) is 12.3. The summed E-state index contributed by atoms with van der Waals surface area (Å²) in [5, 5.41) is 12.0. The highest BCUT2D eigenvalue weighted by Gasteiger charge is 2.20. The van der Waals surface area contributed by atoms with Gasteiger partial charge in [0.2, 0.25) is 0 Å². The van der Waals surface area contributed by atoms with Crippen molar-refractivity contribution in [2.45, 2.75) is 46.2 Å². The Kier molecular flexibility index (Phi) is 5.42. The van der Waals surface area contributed by atoms with Gasteiger partial charge in [-0.05, 0) is 32.3 Å². The normalized spacial score (nSPS) is 13.0. The van der Waals surface area contributed by atoms with Gasteiger partial charge in [0, 0.05) is 24.9 Å². The Morgan fingerprint density at radius 3 is 2.53 bits per heavy atom. The van der Waals surface area contributed by atoms with E-state index in [1.54, 1.807) is 12.3 Å². The molecule has 5 nitrogen and oxygen atoms in total. The Morgan fingerprint density at radius 1 is 1.42 bits per heavy atom. The first-order valence-electron chi connectivity index (χ1n) is 6.75. The lowest BCUT2D eigenvalue weighted by atomic mass is 10.0. The van der Waals surface area contributed by atoms with Crippen LogP contribution in [0.5, 0.6) is 0 Å². The number of rotatable bonds is 6. The third-order valence-electron chi connectivity index (χ3n) is 3.22. The highest BCUT2D eigenvalue weighted by Crippen LogP contribution is 2.17. The molecular formula is C14H25N3O2. The van der Waals surface area contributed by atoms with Crippen molar-refractivity contribution < 1.29 is 9.90 Å². The number of nitrogens with one attached hydrogen (secondary N) is 1. The smallest absolute Gasteiger partial charge is 0.268 e. The second-order valence-electron chi connectivity index (χ2n) is 5.50. The van der Waals surface area contributed by atoms with Crippen LogP contribution < -0.4 is 11.1 Å². The zero-order chi connectivity index (χ0) is 14.6. The van der Waals surface area contributed by atoms with Crippen molar-refractivity contribution in [1.29, 1.82) is 0 Å². The number of anilines is 1. The van der Waals surface area contributed by atoms with Crippen molar-refractivity contribution >= 4 is 11.6 Å². The molecule has 1 unspecified atom stereocenters. The summed E-state index contributed by atoms with van der Waals surface area (Å²) in [6, 6.07) is 1.83. The summed E-state index contributed by atoms with van der Waals surface area (Å²) in [5.41, 5.74) is 6.91. The quantitative estimate of drug-likeness (QED) is 0.735. The fraction of sp³-hybridized carbons (Fsp3) is 0.643. The Balaban J connectivity index is 2.88. The maximum Gasteiger partial charge on any atom is 0.268 e. The van der Waals surface area contributed by atoms with Gasteiger partial charge in [-0.2, -0.15) is 0 Å². The molecule has 0 spiro atoms. The van der Waals surface area contributed by atoms with E-state index in [0.717, 1.165) is 0 Å². The lowest BCUT2D eigenvalue weighted by Gasteiger charge is -2.22. The van der Waals surface area contributed by atoms with Crippen LogP contribution in [-0.2, 0) is 0 Å². The van der Waals surface area contributed by atoms with Gasteiger partial charge in [-0.15, -0.1) is 0 Å². The number of aromatic nitrogens is 1. The molecule has 1 rings (SSSR count). The number of hydrogen-bond acceptors (Lipinski definition) is 3. The predicted molar refractivity (Wildman–Crippen MR) is 77.0 cm³/mol. The molecule has 0 aliphatic carbocycles. The molecule has 1 atom stereocenters. The zero-order valence-corrected chi connectivity index (χ0v) is 12.2. The van der Waals surface area contributed by atoms with Gasteiger partial charge >= 0.3 is 0 Å². The fourth-order valence-electron chi connectivity index (χ4n) is 2.06. The van der Waals surface area contributed by atoms with Gasteiger partial charge in [-0.25, -0.2) is 0 Å². The molecule has 0 aromatic carbocycles. The summed E-state index contributed by atoms with van der Waals surface area (Å²) in [5.74, 6) is 0.133. The number of nitrogens with two attached hydrogens (primary N) is 1. The van der Waals surface area contributed by atoms with Crippen molar-refractivity contribution in [3.05, 3.63) is 18.0 Å². The number of nitrogen functional groups attached to an aromatic ring is 1. The number of aliphatic hydroxyl groups excluding tert-OH is 1. The molecule has 4 N–H and O–H groups in total. The Morgan fingerprint density at radius 2 is 2.05 bits per heavy atom.